The van der Waals surface area contributed by atoms with Crippen molar-refractivity contribution < 1.29 is 28.7 Å². The molecule has 3 aliphatic rings. The Kier molecular flexibility index (Phi) is 11.8. The highest BCUT2D eigenvalue weighted by Gasteiger charge is 2.42. The summed E-state index contributed by atoms with van der Waals surface area (Å²) >= 11 is 0. The molecule has 3 aliphatic heterocycles. The maximum Gasteiger partial charge on any atom is 0.407 e. The molecule has 0 spiro atoms. The van der Waals surface area contributed by atoms with Gasteiger partial charge in [-0.25, -0.2) is 14.6 Å². The number of ether oxygens (including phenoxy) is 2. The zero-order chi connectivity index (χ0) is 42.3. The van der Waals surface area contributed by atoms with E-state index < -0.39 is 24.3 Å². The molecule has 3 aromatic carbocycles. The van der Waals surface area contributed by atoms with Crippen LogP contribution in [0.1, 0.15) is 71.8 Å². The average molecular weight is 804 g/mol. The Hall–Kier alpha value is -5.72. The number of hydrogen-bond donors (Lipinski definition) is 2. The lowest BCUT2D eigenvalue weighted by Gasteiger charge is -2.31. The first-order valence-corrected chi connectivity index (χ1v) is 20.7. The first-order chi connectivity index (χ1) is 28.2. The third-order valence-corrected chi connectivity index (χ3v) is 12.2. The van der Waals surface area contributed by atoms with E-state index in [1.54, 1.807) is 0 Å². The van der Waals surface area contributed by atoms with Crippen molar-refractivity contribution in [2.75, 3.05) is 27.3 Å². The Bertz CT molecular complexity index is 2280. The lowest BCUT2D eigenvalue weighted by molar-refractivity contribution is -0.136. The van der Waals surface area contributed by atoms with E-state index in [9.17, 15) is 19.2 Å². The standard InChI is InChI=1S/C46H57N7O6/c1-25(2)40(49-45(56)58-8)43(54)52-23-27(5)18-38(52)36-21-33-20-31(14-16-34(33)47-36)29-10-12-30(13-11-29)32-15-17-35-37(22-32)51(7)42(48-35)39-19-28(6)24-53(39)44(55)41(26(3)4)50-46(57)59-9/h10-17,20,22,25-28,38-41H,18-19,21,23-24H2,1-9H3,(H,49,56)(H,50,57)/t27-,28-,38-,39-,40-,41-/m0/s1. The number of fused-ring (bicyclic) bond motifs is 2. The molecule has 0 unspecified atom stereocenters. The first kappa shape index (κ1) is 41.4. The molecule has 4 amide bonds. The summed E-state index contributed by atoms with van der Waals surface area (Å²) in [6, 6.07) is 19.5. The summed E-state index contributed by atoms with van der Waals surface area (Å²) in [4.78, 5) is 65.8. The SMILES string of the molecule is COC(=O)N[C@H](C(=O)N1C[C@@H](C)C[C@H]1C1=Nc2ccc(-c3ccc(-c4ccc5nc([C@@H]6C[C@H](C)CN6C(=O)[C@@H](NC(=O)OC)C(C)C)n(C)c5c4)cc3)cc2C1)C(C)C. The number of nitrogens with one attached hydrogen (secondary N) is 2. The number of methoxy groups -OCH3 is 2. The zero-order valence-corrected chi connectivity index (χ0v) is 35.6. The van der Waals surface area contributed by atoms with E-state index in [1.165, 1.54) is 14.2 Å². The van der Waals surface area contributed by atoms with Gasteiger partial charge in [0.1, 0.15) is 17.9 Å². The number of benzene rings is 3. The minimum absolute atomic E-state index is 0.0980. The van der Waals surface area contributed by atoms with Gasteiger partial charge < -0.3 is 34.5 Å². The van der Waals surface area contributed by atoms with Gasteiger partial charge >= 0.3 is 12.2 Å². The number of aryl methyl sites for hydroxylation is 1. The van der Waals surface area contributed by atoms with Crippen LogP contribution in [0, 0.1) is 23.7 Å². The molecule has 2 saturated heterocycles. The molecule has 13 heteroatoms. The van der Waals surface area contributed by atoms with E-state index >= 15 is 0 Å². The Balaban J connectivity index is 1.07. The number of amides is 4. The van der Waals surface area contributed by atoms with Crippen molar-refractivity contribution in [3.63, 3.8) is 0 Å². The van der Waals surface area contributed by atoms with Gasteiger partial charge in [0.05, 0.1) is 43.0 Å². The van der Waals surface area contributed by atoms with Gasteiger partial charge in [0.15, 0.2) is 0 Å². The van der Waals surface area contributed by atoms with E-state index in [2.05, 4.69) is 83.6 Å². The molecule has 4 heterocycles. The fourth-order valence-electron chi connectivity index (χ4n) is 9.03. The molecule has 4 aromatic rings. The fourth-order valence-corrected chi connectivity index (χ4v) is 9.03. The van der Waals surface area contributed by atoms with Crippen molar-refractivity contribution in [1.29, 1.82) is 0 Å². The Morgan fingerprint density at radius 2 is 1.19 bits per heavy atom. The first-order valence-electron chi connectivity index (χ1n) is 20.7. The highest BCUT2D eigenvalue weighted by atomic mass is 16.5. The second-order valence-corrected chi connectivity index (χ2v) is 17.3. The number of imidazole rings is 1. The van der Waals surface area contributed by atoms with Crippen LogP contribution in [-0.4, -0.2) is 94.5 Å². The lowest BCUT2D eigenvalue weighted by atomic mass is 9.96. The van der Waals surface area contributed by atoms with Crippen LogP contribution in [0.25, 0.3) is 33.3 Å². The molecule has 2 N–H and O–H groups in total. The van der Waals surface area contributed by atoms with Crippen molar-refractivity contribution in [3.8, 4) is 22.3 Å². The fraction of sp³-hybridized carbons (Fsp3) is 0.478. The molecule has 6 atom stereocenters. The number of rotatable bonds is 10. The topological polar surface area (TPSA) is 147 Å². The van der Waals surface area contributed by atoms with E-state index in [-0.39, 0.29) is 41.7 Å². The molecule has 59 heavy (non-hydrogen) atoms. The van der Waals surface area contributed by atoms with Gasteiger partial charge in [-0.3, -0.25) is 14.6 Å². The van der Waals surface area contributed by atoms with E-state index in [0.29, 0.717) is 25.4 Å². The maximum absolute atomic E-state index is 13.9. The van der Waals surface area contributed by atoms with Crippen molar-refractivity contribution in [3.05, 3.63) is 72.1 Å². The molecule has 1 aromatic heterocycles. The largest absolute Gasteiger partial charge is 0.453 e. The molecular formula is C46H57N7O6. The summed E-state index contributed by atoms with van der Waals surface area (Å²) in [6.07, 6.45) is 1.05. The molecule has 13 nitrogen and oxygen atoms in total. The minimum Gasteiger partial charge on any atom is -0.453 e. The van der Waals surface area contributed by atoms with Crippen molar-refractivity contribution >= 4 is 46.4 Å². The predicted molar refractivity (Wildman–Crippen MR) is 228 cm³/mol. The van der Waals surface area contributed by atoms with Crippen LogP contribution in [0.3, 0.4) is 0 Å². The quantitative estimate of drug-likeness (QED) is 0.169. The number of hydrogen-bond acceptors (Lipinski definition) is 8. The summed E-state index contributed by atoms with van der Waals surface area (Å²) in [5.41, 5.74) is 9.22. The van der Waals surface area contributed by atoms with Crippen LogP contribution in [0.15, 0.2) is 65.7 Å². The molecule has 312 valence electrons. The van der Waals surface area contributed by atoms with Gasteiger partial charge in [-0.2, -0.15) is 0 Å². The number of carbonyl (C=O) groups is 4. The van der Waals surface area contributed by atoms with Crippen molar-refractivity contribution in [2.24, 2.45) is 35.7 Å². The Labute approximate surface area is 346 Å². The second-order valence-electron chi connectivity index (χ2n) is 17.3. The summed E-state index contributed by atoms with van der Waals surface area (Å²) in [5, 5.41) is 5.49. The van der Waals surface area contributed by atoms with Crippen molar-refractivity contribution in [1.82, 2.24) is 30.0 Å². The minimum atomic E-state index is -0.701. The van der Waals surface area contributed by atoms with E-state index in [1.807, 2.05) is 50.6 Å². The van der Waals surface area contributed by atoms with Crippen LogP contribution in [0.2, 0.25) is 0 Å². The molecule has 2 fully saturated rings. The van der Waals surface area contributed by atoms with Gasteiger partial charge in [-0.05, 0) is 88.6 Å². The Morgan fingerprint density at radius 3 is 1.73 bits per heavy atom. The van der Waals surface area contributed by atoms with E-state index in [0.717, 1.165) is 68.9 Å². The molecule has 0 radical (unpaired) electrons. The summed E-state index contributed by atoms with van der Waals surface area (Å²) in [5.74, 6) is 0.977. The van der Waals surface area contributed by atoms with Crippen LogP contribution in [-0.2, 0) is 32.5 Å². The highest BCUT2D eigenvalue weighted by molar-refractivity contribution is 6.01. The maximum atomic E-state index is 13.9. The number of carbonyl (C=O) groups excluding carboxylic acids is 4. The third-order valence-electron chi connectivity index (χ3n) is 12.2. The third kappa shape index (κ3) is 8.29. The number of aromatic nitrogens is 2. The molecule has 7 rings (SSSR count). The number of nitrogens with zero attached hydrogens (tertiary/aromatic N) is 5. The normalized spacial score (nSPS) is 21.1. The van der Waals surface area contributed by atoms with Gasteiger partial charge in [-0.15, -0.1) is 0 Å². The van der Waals surface area contributed by atoms with Crippen LogP contribution < -0.4 is 10.6 Å². The molecule has 0 bridgehead atoms. The average Bonchev–Trinajstić information content (AvgIpc) is 4.01. The molecule has 0 aliphatic carbocycles. The van der Waals surface area contributed by atoms with Gasteiger partial charge in [0.25, 0.3) is 0 Å². The Morgan fingerprint density at radius 1 is 0.695 bits per heavy atom. The summed E-state index contributed by atoms with van der Waals surface area (Å²) in [6.45, 7) is 13.2. The van der Waals surface area contributed by atoms with Crippen LogP contribution in [0.4, 0.5) is 15.3 Å². The van der Waals surface area contributed by atoms with Gasteiger partial charge in [-0.1, -0.05) is 77.9 Å². The summed E-state index contributed by atoms with van der Waals surface area (Å²) in [7, 11) is 4.61. The number of likely N-dealkylation sites (tertiary alicyclic amines) is 2. The zero-order valence-electron chi connectivity index (χ0n) is 35.6. The number of aliphatic imine (C=N–C) groups is 1. The van der Waals surface area contributed by atoms with Gasteiger partial charge in [0.2, 0.25) is 11.8 Å². The second kappa shape index (κ2) is 16.9. The predicted octanol–water partition coefficient (Wildman–Crippen LogP) is 7.44. The monoisotopic (exact) mass is 803 g/mol. The van der Waals surface area contributed by atoms with Crippen molar-refractivity contribution in [2.45, 2.75) is 85.0 Å². The molecule has 0 saturated carbocycles. The molecular weight excluding hydrogens is 747 g/mol. The van der Waals surface area contributed by atoms with E-state index in [4.69, 9.17) is 19.5 Å². The van der Waals surface area contributed by atoms with Crippen LogP contribution >= 0.6 is 0 Å². The summed E-state index contributed by atoms with van der Waals surface area (Å²) < 4.78 is 11.7. The van der Waals surface area contributed by atoms with Gasteiger partial charge in [0, 0.05) is 32.3 Å². The highest BCUT2D eigenvalue weighted by Crippen LogP contribution is 2.39. The van der Waals surface area contributed by atoms with Crippen LogP contribution in [0.5, 0.6) is 0 Å². The smallest absolute Gasteiger partial charge is 0.407 e. The number of alkyl carbamates (subject to hydrolysis) is 2. The lowest BCUT2D eigenvalue weighted by Crippen LogP contribution is -2.53.